The number of allylic oxidation sites excluding steroid dienone is 3. The van der Waals surface area contributed by atoms with Gasteiger partial charge in [0.1, 0.15) is 0 Å². The first kappa shape index (κ1) is 14.3. The van der Waals surface area contributed by atoms with E-state index in [0.29, 0.717) is 0 Å². The summed E-state index contributed by atoms with van der Waals surface area (Å²) in [6, 6.07) is 19.0. The fraction of sp³-hybridized carbons (Fsp3) is 0.158. The van der Waals surface area contributed by atoms with Gasteiger partial charge in [-0.3, -0.25) is 0 Å². The fourth-order valence-electron chi connectivity index (χ4n) is 2.20. The highest BCUT2D eigenvalue weighted by Crippen LogP contribution is 2.29. The molecule has 0 aliphatic heterocycles. The molecule has 0 radical (unpaired) electrons. The maximum Gasteiger partial charge on any atom is 0.0198 e. The molecule has 2 aromatic rings. The van der Waals surface area contributed by atoms with Gasteiger partial charge in [-0.1, -0.05) is 72.8 Å². The Kier molecular flexibility index (Phi) is 4.91. The van der Waals surface area contributed by atoms with E-state index in [-0.39, 0.29) is 6.04 Å². The minimum absolute atomic E-state index is 0.0637. The van der Waals surface area contributed by atoms with Crippen LogP contribution < -0.4 is 5.73 Å². The molecule has 0 aliphatic carbocycles. The largest absolute Gasteiger partial charge is 0.325 e. The predicted molar refractivity (Wildman–Crippen MR) is 88.3 cm³/mol. The highest BCUT2D eigenvalue weighted by molar-refractivity contribution is 5.85. The maximum absolute atomic E-state index is 5.81. The van der Waals surface area contributed by atoms with Gasteiger partial charge >= 0.3 is 0 Å². The molecule has 0 fully saturated rings. The lowest BCUT2D eigenvalue weighted by Gasteiger charge is -2.11. The molecule has 2 aromatic carbocycles. The molecule has 1 atom stereocenters. The van der Waals surface area contributed by atoms with E-state index < -0.39 is 0 Å². The summed E-state index contributed by atoms with van der Waals surface area (Å²) >= 11 is 0. The van der Waals surface area contributed by atoms with Crippen LogP contribution in [0.2, 0.25) is 0 Å². The average Bonchev–Trinajstić information content (AvgIpc) is 2.49. The Morgan fingerprint density at radius 3 is 2.30 bits per heavy atom. The Labute approximate surface area is 121 Å². The van der Waals surface area contributed by atoms with Crippen LogP contribution in [0.5, 0.6) is 0 Å². The number of benzene rings is 2. The molecular formula is C19H21N. The van der Waals surface area contributed by atoms with E-state index in [1.165, 1.54) is 22.3 Å². The molecule has 1 heteroatoms. The minimum Gasteiger partial charge on any atom is -0.325 e. The van der Waals surface area contributed by atoms with Gasteiger partial charge < -0.3 is 5.73 Å². The third-order valence-electron chi connectivity index (χ3n) is 3.21. The first-order chi connectivity index (χ1) is 9.72. The molecule has 2 N–H and O–H groups in total. The van der Waals surface area contributed by atoms with Gasteiger partial charge in [0.05, 0.1) is 0 Å². The summed E-state index contributed by atoms with van der Waals surface area (Å²) in [6.45, 7) is 4.04. The number of hydrogen-bond donors (Lipinski definition) is 1. The minimum atomic E-state index is 0.0637. The Hall–Kier alpha value is -2.12. The van der Waals surface area contributed by atoms with Crippen molar-refractivity contribution in [1.29, 1.82) is 0 Å². The van der Waals surface area contributed by atoms with Gasteiger partial charge in [0.2, 0.25) is 0 Å². The molecule has 1 unspecified atom stereocenters. The standard InChI is InChI=1S/C19H21N/c1-3-16(14-13-15(2)20)18-11-7-8-12-19(18)17-9-5-4-6-10-17/h3-15H,20H2,1-2H3/b14-13-,16-3+. The third-order valence-corrected chi connectivity index (χ3v) is 3.21. The summed E-state index contributed by atoms with van der Waals surface area (Å²) in [5.74, 6) is 0. The van der Waals surface area contributed by atoms with Crippen molar-refractivity contribution >= 4 is 5.57 Å². The van der Waals surface area contributed by atoms with Crippen molar-refractivity contribution < 1.29 is 0 Å². The van der Waals surface area contributed by atoms with Crippen LogP contribution in [0, 0.1) is 0 Å². The summed E-state index contributed by atoms with van der Waals surface area (Å²) in [5.41, 5.74) is 10.7. The fourth-order valence-corrected chi connectivity index (χ4v) is 2.20. The topological polar surface area (TPSA) is 26.0 Å². The van der Waals surface area contributed by atoms with Crippen molar-refractivity contribution in [1.82, 2.24) is 0 Å². The van der Waals surface area contributed by atoms with E-state index in [0.717, 1.165) is 0 Å². The molecule has 20 heavy (non-hydrogen) atoms. The molecule has 0 heterocycles. The van der Waals surface area contributed by atoms with Crippen LogP contribution in [0.15, 0.2) is 72.8 Å². The van der Waals surface area contributed by atoms with Crippen LogP contribution in [0.25, 0.3) is 16.7 Å². The van der Waals surface area contributed by atoms with Crippen LogP contribution in [0.4, 0.5) is 0 Å². The van der Waals surface area contributed by atoms with Gasteiger partial charge in [-0.25, -0.2) is 0 Å². The number of rotatable bonds is 4. The molecular weight excluding hydrogens is 242 g/mol. The summed E-state index contributed by atoms with van der Waals surface area (Å²) in [7, 11) is 0. The Bertz CT molecular complexity index is 607. The van der Waals surface area contributed by atoms with Gasteiger partial charge in [0.15, 0.2) is 0 Å². The zero-order valence-electron chi connectivity index (χ0n) is 12.1. The summed E-state index contributed by atoms with van der Waals surface area (Å²) in [5, 5.41) is 0. The van der Waals surface area contributed by atoms with E-state index in [9.17, 15) is 0 Å². The second-order valence-electron chi connectivity index (χ2n) is 4.87. The second kappa shape index (κ2) is 6.88. The molecule has 0 bridgehead atoms. The van der Waals surface area contributed by atoms with Gasteiger partial charge in [0.25, 0.3) is 0 Å². The van der Waals surface area contributed by atoms with Crippen LogP contribution in [0.1, 0.15) is 19.4 Å². The Morgan fingerprint density at radius 2 is 1.65 bits per heavy atom. The van der Waals surface area contributed by atoms with E-state index in [1.54, 1.807) is 0 Å². The summed E-state index contributed by atoms with van der Waals surface area (Å²) < 4.78 is 0. The average molecular weight is 263 g/mol. The lowest BCUT2D eigenvalue weighted by Crippen LogP contribution is -2.10. The predicted octanol–water partition coefficient (Wildman–Crippen LogP) is 4.66. The van der Waals surface area contributed by atoms with Crippen molar-refractivity contribution in [2.24, 2.45) is 5.73 Å². The molecule has 0 aromatic heterocycles. The van der Waals surface area contributed by atoms with Gasteiger partial charge in [-0.15, -0.1) is 0 Å². The third kappa shape index (κ3) is 3.46. The van der Waals surface area contributed by atoms with Crippen LogP contribution in [-0.4, -0.2) is 6.04 Å². The number of hydrogen-bond acceptors (Lipinski definition) is 1. The van der Waals surface area contributed by atoms with E-state index >= 15 is 0 Å². The van der Waals surface area contributed by atoms with Crippen LogP contribution >= 0.6 is 0 Å². The van der Waals surface area contributed by atoms with E-state index in [1.807, 2.05) is 19.1 Å². The molecule has 0 amide bonds. The Balaban J connectivity index is 2.47. The number of nitrogens with two attached hydrogens (primary N) is 1. The Morgan fingerprint density at radius 1 is 1.00 bits per heavy atom. The SMILES string of the molecule is C/C=C(\C=C/C(C)N)c1ccccc1-c1ccccc1. The van der Waals surface area contributed by atoms with Crippen molar-refractivity contribution in [2.75, 3.05) is 0 Å². The molecule has 0 saturated heterocycles. The van der Waals surface area contributed by atoms with Gasteiger partial charge in [-0.2, -0.15) is 0 Å². The monoisotopic (exact) mass is 263 g/mol. The lowest BCUT2D eigenvalue weighted by atomic mass is 9.94. The molecule has 2 rings (SSSR count). The second-order valence-corrected chi connectivity index (χ2v) is 4.87. The van der Waals surface area contributed by atoms with E-state index in [2.05, 4.69) is 67.6 Å². The maximum atomic E-state index is 5.81. The van der Waals surface area contributed by atoms with Crippen molar-refractivity contribution in [3.05, 3.63) is 78.4 Å². The quantitative estimate of drug-likeness (QED) is 0.798. The van der Waals surface area contributed by atoms with Crippen molar-refractivity contribution in [3.8, 4) is 11.1 Å². The highest BCUT2D eigenvalue weighted by Gasteiger charge is 2.06. The highest BCUT2D eigenvalue weighted by atomic mass is 14.6. The zero-order chi connectivity index (χ0) is 14.4. The summed E-state index contributed by atoms with van der Waals surface area (Å²) in [6.07, 6.45) is 6.25. The molecule has 0 saturated carbocycles. The molecule has 0 spiro atoms. The van der Waals surface area contributed by atoms with Crippen molar-refractivity contribution in [2.45, 2.75) is 19.9 Å². The van der Waals surface area contributed by atoms with Crippen LogP contribution in [-0.2, 0) is 0 Å². The van der Waals surface area contributed by atoms with Gasteiger partial charge in [-0.05, 0) is 36.1 Å². The molecule has 1 nitrogen and oxygen atoms in total. The zero-order valence-corrected chi connectivity index (χ0v) is 12.1. The van der Waals surface area contributed by atoms with Gasteiger partial charge in [0, 0.05) is 6.04 Å². The first-order valence-corrected chi connectivity index (χ1v) is 6.97. The van der Waals surface area contributed by atoms with E-state index in [4.69, 9.17) is 5.73 Å². The van der Waals surface area contributed by atoms with Crippen LogP contribution in [0.3, 0.4) is 0 Å². The smallest absolute Gasteiger partial charge is 0.0198 e. The molecule has 0 aliphatic rings. The normalized spacial score (nSPS) is 13.7. The summed E-state index contributed by atoms with van der Waals surface area (Å²) in [4.78, 5) is 0. The first-order valence-electron chi connectivity index (χ1n) is 6.97. The van der Waals surface area contributed by atoms with Crippen molar-refractivity contribution in [3.63, 3.8) is 0 Å². The molecule has 102 valence electrons. The lowest BCUT2D eigenvalue weighted by molar-refractivity contribution is 0.926.